The molecule has 0 fully saturated rings. The van der Waals surface area contributed by atoms with Gasteiger partial charge >= 0.3 is 0 Å². The number of pyridine rings is 1. The van der Waals surface area contributed by atoms with Gasteiger partial charge in [-0.3, -0.25) is 9.78 Å². The van der Waals surface area contributed by atoms with Crippen LogP contribution in [0.4, 0.5) is 0 Å². The number of benzene rings is 1. The summed E-state index contributed by atoms with van der Waals surface area (Å²) in [6.45, 7) is 4.93. The van der Waals surface area contributed by atoms with Gasteiger partial charge < -0.3 is 9.47 Å². The van der Waals surface area contributed by atoms with Gasteiger partial charge in [0.25, 0.3) is 5.56 Å². The summed E-state index contributed by atoms with van der Waals surface area (Å²) in [5.41, 5.74) is 1.42. The molecule has 7 nitrogen and oxygen atoms in total. The Morgan fingerprint density at radius 2 is 1.96 bits per heavy atom. The fourth-order valence-corrected chi connectivity index (χ4v) is 3.67. The van der Waals surface area contributed by atoms with Crippen molar-refractivity contribution in [3.63, 3.8) is 0 Å². The van der Waals surface area contributed by atoms with Gasteiger partial charge in [-0.2, -0.15) is 9.50 Å². The molecule has 28 heavy (non-hydrogen) atoms. The molecule has 0 saturated carbocycles. The van der Waals surface area contributed by atoms with Crippen molar-refractivity contribution in [1.82, 2.24) is 19.6 Å². The third-order valence-corrected chi connectivity index (χ3v) is 4.93. The number of hydrogen-bond acceptors (Lipinski definition) is 7. The van der Waals surface area contributed by atoms with Gasteiger partial charge in [0.1, 0.15) is 0 Å². The van der Waals surface area contributed by atoms with Crippen LogP contribution in [0.25, 0.3) is 22.4 Å². The van der Waals surface area contributed by atoms with Gasteiger partial charge in [0.15, 0.2) is 17.3 Å². The Morgan fingerprint density at radius 1 is 1.14 bits per heavy atom. The Bertz CT molecular complexity index is 1220. The number of rotatable bonds is 6. The summed E-state index contributed by atoms with van der Waals surface area (Å²) >= 11 is 1.30. The second-order valence-electron chi connectivity index (χ2n) is 5.86. The topological polar surface area (TPSA) is 78.6 Å². The van der Waals surface area contributed by atoms with Gasteiger partial charge in [0, 0.05) is 18.0 Å². The van der Waals surface area contributed by atoms with E-state index in [9.17, 15) is 4.79 Å². The Hall–Kier alpha value is -3.26. The first-order valence-electron chi connectivity index (χ1n) is 8.91. The normalized spacial score (nSPS) is 11.9. The Balaban J connectivity index is 1.74. The van der Waals surface area contributed by atoms with E-state index in [4.69, 9.17) is 9.47 Å². The molecule has 0 aliphatic carbocycles. The van der Waals surface area contributed by atoms with Crippen LogP contribution in [-0.2, 0) is 0 Å². The number of aromatic nitrogens is 4. The minimum Gasteiger partial charge on any atom is -0.490 e. The second-order valence-corrected chi connectivity index (χ2v) is 6.87. The molecule has 0 aliphatic rings. The summed E-state index contributed by atoms with van der Waals surface area (Å²) in [5.74, 6) is 1.83. The van der Waals surface area contributed by atoms with E-state index in [1.54, 1.807) is 12.4 Å². The van der Waals surface area contributed by atoms with Gasteiger partial charge in [-0.1, -0.05) is 17.4 Å². The Kier molecular flexibility index (Phi) is 5.03. The van der Waals surface area contributed by atoms with E-state index in [0.717, 1.165) is 11.1 Å². The van der Waals surface area contributed by atoms with Crippen molar-refractivity contribution in [2.45, 2.75) is 13.8 Å². The lowest BCUT2D eigenvalue weighted by Crippen LogP contribution is -2.23. The van der Waals surface area contributed by atoms with Crippen molar-refractivity contribution in [2.75, 3.05) is 13.2 Å². The molecular weight excluding hydrogens is 376 g/mol. The van der Waals surface area contributed by atoms with E-state index in [-0.39, 0.29) is 5.56 Å². The molecule has 142 valence electrons. The predicted molar refractivity (Wildman–Crippen MR) is 108 cm³/mol. The van der Waals surface area contributed by atoms with E-state index in [2.05, 4.69) is 15.1 Å². The van der Waals surface area contributed by atoms with E-state index in [0.29, 0.717) is 40.0 Å². The van der Waals surface area contributed by atoms with Crippen LogP contribution in [0.1, 0.15) is 19.4 Å². The lowest BCUT2D eigenvalue weighted by molar-refractivity contribution is 0.287. The minimum absolute atomic E-state index is 0.200. The van der Waals surface area contributed by atoms with E-state index >= 15 is 0 Å². The van der Waals surface area contributed by atoms with Gasteiger partial charge in [-0.05, 0) is 49.8 Å². The standard InChI is InChI=1S/C20H18N4O3S/c1-3-26-15-8-7-13(10-16(15)27-4-2)11-17-19(25)24-20(28-17)22-18(23-24)14-6-5-9-21-12-14/h5-12H,3-4H2,1-2H3/b17-11+. The molecule has 0 spiro atoms. The molecule has 1 aromatic carbocycles. The quantitative estimate of drug-likeness (QED) is 0.500. The monoisotopic (exact) mass is 394 g/mol. The van der Waals surface area contributed by atoms with E-state index in [1.165, 1.54) is 15.9 Å². The average Bonchev–Trinajstić information content (AvgIpc) is 3.25. The first-order chi connectivity index (χ1) is 13.7. The van der Waals surface area contributed by atoms with Crippen molar-refractivity contribution in [2.24, 2.45) is 0 Å². The summed E-state index contributed by atoms with van der Waals surface area (Å²) < 4.78 is 13.1. The average molecular weight is 394 g/mol. The molecule has 0 amide bonds. The Morgan fingerprint density at radius 3 is 2.68 bits per heavy atom. The maximum absolute atomic E-state index is 12.7. The molecule has 0 saturated heterocycles. The molecule has 3 heterocycles. The van der Waals surface area contributed by atoms with Gasteiger partial charge in [0.2, 0.25) is 4.96 Å². The van der Waals surface area contributed by atoms with Crippen LogP contribution in [-0.4, -0.2) is 32.8 Å². The molecule has 8 heteroatoms. The van der Waals surface area contributed by atoms with Crippen LogP contribution >= 0.6 is 11.3 Å². The zero-order chi connectivity index (χ0) is 19.5. The maximum Gasteiger partial charge on any atom is 0.291 e. The molecule has 0 N–H and O–H groups in total. The van der Waals surface area contributed by atoms with Crippen molar-refractivity contribution in [3.05, 3.63) is 63.2 Å². The van der Waals surface area contributed by atoms with Crippen LogP contribution in [0, 0.1) is 0 Å². The van der Waals surface area contributed by atoms with Crippen LogP contribution in [0.15, 0.2) is 47.5 Å². The molecule has 0 unspecified atom stereocenters. The van der Waals surface area contributed by atoms with Crippen molar-refractivity contribution in [3.8, 4) is 22.9 Å². The number of fused-ring (bicyclic) bond motifs is 1. The first-order valence-corrected chi connectivity index (χ1v) is 9.72. The third-order valence-electron chi connectivity index (χ3n) is 3.97. The summed E-state index contributed by atoms with van der Waals surface area (Å²) in [7, 11) is 0. The molecule has 0 bridgehead atoms. The van der Waals surface area contributed by atoms with Crippen LogP contribution < -0.4 is 19.6 Å². The molecular formula is C20H18N4O3S. The highest BCUT2D eigenvalue weighted by molar-refractivity contribution is 7.15. The number of nitrogens with zero attached hydrogens (tertiary/aromatic N) is 4. The maximum atomic E-state index is 12.7. The summed E-state index contributed by atoms with van der Waals surface area (Å²) in [5, 5.41) is 4.33. The smallest absolute Gasteiger partial charge is 0.291 e. The summed E-state index contributed by atoms with van der Waals surface area (Å²) in [6.07, 6.45) is 5.17. The minimum atomic E-state index is -0.200. The van der Waals surface area contributed by atoms with Gasteiger partial charge in [0.05, 0.1) is 17.7 Å². The lowest BCUT2D eigenvalue weighted by atomic mass is 10.2. The van der Waals surface area contributed by atoms with Crippen molar-refractivity contribution < 1.29 is 9.47 Å². The Labute approximate surface area is 164 Å². The number of thiazole rings is 1. The van der Waals surface area contributed by atoms with E-state index < -0.39 is 0 Å². The highest BCUT2D eigenvalue weighted by Crippen LogP contribution is 2.28. The molecule has 0 radical (unpaired) electrons. The number of ether oxygens (including phenoxy) is 2. The van der Waals surface area contributed by atoms with Crippen LogP contribution in [0.3, 0.4) is 0 Å². The van der Waals surface area contributed by atoms with Crippen molar-refractivity contribution >= 4 is 22.4 Å². The largest absolute Gasteiger partial charge is 0.490 e. The third kappa shape index (κ3) is 3.46. The molecule has 3 aromatic heterocycles. The zero-order valence-corrected chi connectivity index (χ0v) is 16.3. The van der Waals surface area contributed by atoms with Crippen LogP contribution in [0.2, 0.25) is 0 Å². The van der Waals surface area contributed by atoms with E-state index in [1.807, 2.05) is 50.3 Å². The molecule has 0 atom stereocenters. The lowest BCUT2D eigenvalue weighted by Gasteiger charge is -2.11. The van der Waals surface area contributed by atoms with Gasteiger partial charge in [-0.25, -0.2) is 0 Å². The van der Waals surface area contributed by atoms with Crippen molar-refractivity contribution in [1.29, 1.82) is 0 Å². The van der Waals surface area contributed by atoms with Gasteiger partial charge in [-0.15, -0.1) is 5.10 Å². The fraction of sp³-hybridized carbons (Fsp3) is 0.200. The SMILES string of the molecule is CCOc1ccc(/C=c2/sc3nc(-c4cccnc4)nn3c2=O)cc1OCC. The summed E-state index contributed by atoms with van der Waals surface area (Å²) in [4.78, 5) is 21.8. The highest BCUT2D eigenvalue weighted by Gasteiger charge is 2.12. The second kappa shape index (κ2) is 7.77. The predicted octanol–water partition coefficient (Wildman–Crippen LogP) is 2.56. The molecule has 4 aromatic rings. The number of hydrogen-bond donors (Lipinski definition) is 0. The molecule has 4 rings (SSSR count). The zero-order valence-electron chi connectivity index (χ0n) is 15.5. The summed E-state index contributed by atoms with van der Waals surface area (Å²) in [6, 6.07) is 9.28. The first kappa shape index (κ1) is 18.1. The fourth-order valence-electron chi connectivity index (χ4n) is 2.76. The van der Waals surface area contributed by atoms with Crippen LogP contribution in [0.5, 0.6) is 11.5 Å². The molecule has 0 aliphatic heterocycles. The highest BCUT2D eigenvalue weighted by atomic mass is 32.1.